The average molecular weight is 456 g/mol. The van der Waals surface area contributed by atoms with Crippen LogP contribution in [0.2, 0.25) is 0 Å². The van der Waals surface area contributed by atoms with Crippen molar-refractivity contribution in [1.82, 2.24) is 15.0 Å². The molecule has 0 saturated carbocycles. The molecule has 8 heteroatoms. The van der Waals surface area contributed by atoms with E-state index >= 15 is 0 Å². The number of carbonyl (C=O) groups excluding carboxylic acids is 1. The van der Waals surface area contributed by atoms with Gasteiger partial charge in [0.2, 0.25) is 0 Å². The van der Waals surface area contributed by atoms with Gasteiger partial charge in [0, 0.05) is 41.3 Å². The van der Waals surface area contributed by atoms with Crippen LogP contribution in [0.4, 0.5) is 11.5 Å². The van der Waals surface area contributed by atoms with Crippen LogP contribution in [0.15, 0.2) is 60.9 Å². The maximum atomic E-state index is 13.1. The van der Waals surface area contributed by atoms with Crippen LogP contribution in [0.3, 0.4) is 0 Å². The first-order chi connectivity index (χ1) is 16.7. The van der Waals surface area contributed by atoms with Crippen LogP contribution in [-0.4, -0.2) is 66.7 Å². The van der Waals surface area contributed by atoms with E-state index in [1.165, 1.54) is 0 Å². The Morgan fingerprint density at radius 2 is 2.09 bits per heavy atom. The third-order valence-corrected chi connectivity index (χ3v) is 6.60. The molecule has 8 nitrogen and oxygen atoms in total. The monoisotopic (exact) mass is 455 g/mol. The summed E-state index contributed by atoms with van der Waals surface area (Å²) in [7, 11) is 1.62. The second kappa shape index (κ2) is 8.46. The third kappa shape index (κ3) is 3.56. The standard InChI is InChI=1S/C26H25N5O3/c1-33-19-7-5-17(6-8-19)24(32)15-30-14-18-16-34-12-11-31(18)26-23(30)13-28-25(29-26)21-3-2-4-22-20(21)9-10-27-22/h2-10,13,18,27H,11-12,14-16H2,1H3. The second-order valence-electron chi connectivity index (χ2n) is 8.60. The number of fused-ring (bicyclic) bond motifs is 4. The van der Waals surface area contributed by atoms with Crippen LogP contribution >= 0.6 is 0 Å². The molecule has 0 bridgehead atoms. The van der Waals surface area contributed by atoms with E-state index in [4.69, 9.17) is 19.4 Å². The Morgan fingerprint density at radius 1 is 1.21 bits per heavy atom. The lowest BCUT2D eigenvalue weighted by Gasteiger charge is -2.45. The number of benzene rings is 2. The number of aromatic amines is 1. The lowest BCUT2D eigenvalue weighted by atomic mass is 10.1. The summed E-state index contributed by atoms with van der Waals surface area (Å²) in [6, 6.07) is 15.5. The van der Waals surface area contributed by atoms with E-state index in [0.29, 0.717) is 31.1 Å². The lowest BCUT2D eigenvalue weighted by Crippen LogP contribution is -2.56. The van der Waals surface area contributed by atoms with Crippen molar-refractivity contribution in [2.24, 2.45) is 0 Å². The minimum Gasteiger partial charge on any atom is -0.497 e. The van der Waals surface area contributed by atoms with Crippen molar-refractivity contribution >= 4 is 28.2 Å². The largest absolute Gasteiger partial charge is 0.497 e. The Kier molecular flexibility index (Phi) is 5.15. The quantitative estimate of drug-likeness (QED) is 0.461. The summed E-state index contributed by atoms with van der Waals surface area (Å²) in [5, 5.41) is 1.09. The average Bonchev–Trinajstić information content (AvgIpc) is 3.38. The Labute approximate surface area is 197 Å². The summed E-state index contributed by atoms with van der Waals surface area (Å²) in [4.78, 5) is 30.5. The number of nitrogens with one attached hydrogen (secondary N) is 1. The van der Waals surface area contributed by atoms with E-state index in [1.54, 1.807) is 19.2 Å². The zero-order valence-electron chi connectivity index (χ0n) is 18.9. The number of ether oxygens (including phenoxy) is 2. The Hall–Kier alpha value is -3.91. The second-order valence-corrected chi connectivity index (χ2v) is 8.60. The third-order valence-electron chi connectivity index (χ3n) is 6.60. The summed E-state index contributed by atoms with van der Waals surface area (Å²) in [6.07, 6.45) is 3.78. The van der Waals surface area contributed by atoms with E-state index in [-0.39, 0.29) is 18.4 Å². The van der Waals surface area contributed by atoms with Gasteiger partial charge in [0.25, 0.3) is 0 Å². The summed E-state index contributed by atoms with van der Waals surface area (Å²) in [6.45, 7) is 2.97. The van der Waals surface area contributed by atoms with E-state index in [2.05, 4.69) is 14.8 Å². The normalized spacial score (nSPS) is 17.4. The van der Waals surface area contributed by atoms with Crippen molar-refractivity contribution in [2.45, 2.75) is 6.04 Å². The molecular weight excluding hydrogens is 430 g/mol. The predicted molar refractivity (Wildman–Crippen MR) is 131 cm³/mol. The molecule has 1 fully saturated rings. The molecular formula is C26H25N5O3. The Balaban J connectivity index is 1.37. The van der Waals surface area contributed by atoms with Gasteiger partial charge >= 0.3 is 0 Å². The number of morpholine rings is 1. The van der Waals surface area contributed by atoms with Gasteiger partial charge in [-0.15, -0.1) is 0 Å². The molecule has 2 aromatic carbocycles. The van der Waals surface area contributed by atoms with Crippen molar-refractivity contribution in [2.75, 3.05) is 49.8 Å². The van der Waals surface area contributed by atoms with Crippen molar-refractivity contribution in [3.63, 3.8) is 0 Å². The smallest absolute Gasteiger partial charge is 0.182 e. The maximum absolute atomic E-state index is 13.1. The van der Waals surface area contributed by atoms with Crippen LogP contribution in [0, 0.1) is 0 Å². The van der Waals surface area contributed by atoms with E-state index in [0.717, 1.165) is 40.3 Å². The van der Waals surface area contributed by atoms with Crippen molar-refractivity contribution in [3.8, 4) is 17.1 Å². The minimum absolute atomic E-state index is 0.0416. The van der Waals surface area contributed by atoms with Crippen LogP contribution in [0.1, 0.15) is 10.4 Å². The first kappa shape index (κ1) is 20.7. The first-order valence-corrected chi connectivity index (χ1v) is 11.4. The van der Waals surface area contributed by atoms with E-state index < -0.39 is 0 Å². The summed E-state index contributed by atoms with van der Waals surface area (Å²) < 4.78 is 11.0. The molecule has 0 radical (unpaired) electrons. The molecule has 1 atom stereocenters. The molecule has 2 aliphatic heterocycles. The molecule has 1 saturated heterocycles. The van der Waals surface area contributed by atoms with Gasteiger partial charge in [-0.1, -0.05) is 12.1 Å². The number of hydrogen-bond donors (Lipinski definition) is 1. The molecule has 2 aromatic heterocycles. The molecule has 34 heavy (non-hydrogen) atoms. The highest BCUT2D eigenvalue weighted by Crippen LogP contribution is 2.37. The predicted octanol–water partition coefficient (Wildman–Crippen LogP) is 3.54. The van der Waals surface area contributed by atoms with Crippen LogP contribution in [0.25, 0.3) is 22.3 Å². The lowest BCUT2D eigenvalue weighted by molar-refractivity contribution is 0.0916. The van der Waals surface area contributed by atoms with Gasteiger partial charge in [-0.25, -0.2) is 9.97 Å². The van der Waals surface area contributed by atoms with Crippen LogP contribution in [0.5, 0.6) is 5.75 Å². The topological polar surface area (TPSA) is 83.6 Å². The number of Topliss-reactive ketones (excluding diaryl/α,β-unsaturated/α-hetero) is 1. The molecule has 0 aliphatic carbocycles. The fourth-order valence-corrected chi connectivity index (χ4v) is 4.84. The number of ketones is 1. The van der Waals surface area contributed by atoms with Gasteiger partial charge in [0.15, 0.2) is 17.4 Å². The van der Waals surface area contributed by atoms with Crippen molar-refractivity contribution < 1.29 is 14.3 Å². The molecule has 4 aromatic rings. The van der Waals surface area contributed by atoms with Gasteiger partial charge in [-0.05, 0) is 36.4 Å². The van der Waals surface area contributed by atoms with E-state index in [9.17, 15) is 4.79 Å². The summed E-state index contributed by atoms with van der Waals surface area (Å²) in [5.74, 6) is 2.31. The van der Waals surface area contributed by atoms with E-state index in [1.807, 2.05) is 48.8 Å². The fourth-order valence-electron chi connectivity index (χ4n) is 4.84. The van der Waals surface area contributed by atoms with Gasteiger partial charge < -0.3 is 24.3 Å². The molecule has 1 N–H and O–H groups in total. The number of rotatable bonds is 5. The number of H-pyrrole nitrogens is 1. The number of aromatic nitrogens is 3. The molecule has 172 valence electrons. The minimum atomic E-state index is 0.0416. The van der Waals surface area contributed by atoms with Gasteiger partial charge in [-0.3, -0.25) is 4.79 Å². The summed E-state index contributed by atoms with van der Waals surface area (Å²) >= 11 is 0. The maximum Gasteiger partial charge on any atom is 0.182 e. The van der Waals surface area contributed by atoms with Crippen molar-refractivity contribution in [3.05, 3.63) is 66.5 Å². The molecule has 4 heterocycles. The highest BCUT2D eigenvalue weighted by atomic mass is 16.5. The summed E-state index contributed by atoms with van der Waals surface area (Å²) in [5.41, 5.74) is 3.57. The molecule has 0 amide bonds. The fraction of sp³-hybridized carbons (Fsp3) is 0.269. The number of carbonyl (C=O) groups is 1. The molecule has 0 spiro atoms. The number of anilines is 2. The van der Waals surface area contributed by atoms with Crippen LogP contribution in [-0.2, 0) is 4.74 Å². The van der Waals surface area contributed by atoms with Gasteiger partial charge in [-0.2, -0.15) is 0 Å². The van der Waals surface area contributed by atoms with Crippen LogP contribution < -0.4 is 14.5 Å². The zero-order valence-corrected chi connectivity index (χ0v) is 18.9. The molecule has 6 rings (SSSR count). The Bertz CT molecular complexity index is 1350. The zero-order chi connectivity index (χ0) is 23.1. The molecule has 2 aliphatic rings. The van der Waals surface area contributed by atoms with Gasteiger partial charge in [0.1, 0.15) is 5.75 Å². The van der Waals surface area contributed by atoms with Gasteiger partial charge in [0.05, 0.1) is 44.8 Å². The number of hydrogen-bond acceptors (Lipinski definition) is 7. The highest BCUT2D eigenvalue weighted by molar-refractivity contribution is 6.00. The number of nitrogens with zero attached hydrogens (tertiary/aromatic N) is 4. The first-order valence-electron chi connectivity index (χ1n) is 11.4. The van der Waals surface area contributed by atoms with Crippen molar-refractivity contribution in [1.29, 1.82) is 0 Å². The highest BCUT2D eigenvalue weighted by Gasteiger charge is 2.35. The SMILES string of the molecule is COc1ccc(C(=O)CN2CC3COCCN3c3nc(-c4cccc5[nH]ccc45)ncc32)cc1. The Morgan fingerprint density at radius 3 is 2.94 bits per heavy atom. The molecule has 1 unspecified atom stereocenters. The number of methoxy groups -OCH3 is 1.